The Labute approximate surface area is 181 Å². The van der Waals surface area contributed by atoms with E-state index in [0.29, 0.717) is 15.6 Å². The molecule has 2 rings (SSSR count). The molecule has 0 aliphatic heterocycles. The Morgan fingerprint density at radius 2 is 1.96 bits per heavy atom. The van der Waals surface area contributed by atoms with Gasteiger partial charge in [-0.05, 0) is 88.6 Å². The maximum Gasteiger partial charge on any atom is 0.320 e. The lowest BCUT2D eigenvalue weighted by Crippen LogP contribution is -2.32. The Hall–Kier alpha value is 1.15. The van der Waals surface area contributed by atoms with Crippen molar-refractivity contribution in [3.63, 3.8) is 0 Å². The van der Waals surface area contributed by atoms with E-state index >= 15 is 0 Å². The number of rotatable bonds is 5. The summed E-state index contributed by atoms with van der Waals surface area (Å²) in [7, 11) is 0. The minimum Gasteiger partial charge on any atom is -0.480 e. The molecule has 0 heterocycles. The lowest BCUT2D eigenvalue weighted by molar-refractivity contribution is -0.138. The Morgan fingerprint density at radius 3 is 2.48 bits per heavy atom. The third-order valence-electron chi connectivity index (χ3n) is 3.81. The molecule has 0 radical (unpaired) electrons. The zero-order valence-electron chi connectivity index (χ0n) is 12.2. The number of hydrogen-bond acceptors (Lipinski definition) is 4. The summed E-state index contributed by atoms with van der Waals surface area (Å²) < 4.78 is 2.61. The van der Waals surface area contributed by atoms with Crippen LogP contribution in [-0.4, -0.2) is 37.5 Å². The van der Waals surface area contributed by atoms with E-state index in [1.165, 1.54) is 4.90 Å². The van der Waals surface area contributed by atoms with Crippen LogP contribution in [0.5, 0.6) is 0 Å². The summed E-state index contributed by atoms with van der Waals surface area (Å²) in [6, 6.07) is 3.21. The fraction of sp³-hybridized carbons (Fsp3) is 0.533. The van der Waals surface area contributed by atoms with Gasteiger partial charge in [0.1, 0.15) is 6.04 Å². The first kappa shape index (κ1) is 20.5. The van der Waals surface area contributed by atoms with E-state index in [0.717, 1.165) is 32.0 Å². The van der Waals surface area contributed by atoms with Crippen LogP contribution in [0.3, 0.4) is 0 Å². The normalized spacial score (nSPS) is 26.0. The molecule has 8 heteroatoms. The molecular weight excluding hydrogens is 655 g/mol. The second kappa shape index (κ2) is 9.19. The number of aliphatic carboxylic acids is 1. The molecule has 1 fully saturated rings. The molecule has 1 aliphatic carbocycles. The molecule has 4 N–H and O–H groups in total. The molecule has 0 bridgehead atoms. The first-order chi connectivity index (χ1) is 10.8. The number of carboxylic acid groups (broad SMARTS) is 1. The maximum atomic E-state index is 10.9. The molecule has 0 saturated heterocycles. The first-order valence-corrected chi connectivity index (χ1v) is 11.5. The lowest BCUT2D eigenvalue weighted by Gasteiger charge is -2.30. The van der Waals surface area contributed by atoms with Crippen molar-refractivity contribution < 1.29 is 15.0 Å². The largest absolute Gasteiger partial charge is 0.480 e. The molecule has 0 aromatic heterocycles. The maximum absolute atomic E-state index is 10.9. The molecule has 0 amide bonds. The Bertz CT molecular complexity index is 564. The number of carboxylic acids is 1. The Morgan fingerprint density at radius 1 is 1.35 bits per heavy atom. The number of aliphatic hydroxyl groups is 1. The number of aliphatic hydroxyl groups excluding tert-OH is 1. The molecule has 23 heavy (non-hydrogen) atoms. The molecule has 4 atom stereocenters. The average Bonchev–Trinajstić information content (AvgIpc) is 2.46. The molecule has 1 saturated carbocycles. The van der Waals surface area contributed by atoms with E-state index in [1.54, 1.807) is 0 Å². The van der Waals surface area contributed by atoms with Gasteiger partial charge in [-0.1, -0.05) is 22.6 Å². The standard InChI is InChI=1S/C15H18I3NO3S/c16-9-6-8(1-2-13(9)20)23-14-10(17)3-7(4-11(14)18)5-12(19)15(21)22/h3-4,8-9,12-13,20H,1-2,5-6,19H2,(H,21,22)/t8?,9?,12-,13?/m0/s1. The Balaban J connectivity index is 2.10. The SMILES string of the molecule is N[C@@H](Cc1cc(I)c(SC2CCC(O)C(I)C2)c(I)c1)C(=O)O. The van der Waals surface area contributed by atoms with Crippen molar-refractivity contribution in [2.75, 3.05) is 0 Å². The highest BCUT2D eigenvalue weighted by atomic mass is 127. The first-order valence-electron chi connectivity index (χ1n) is 7.23. The number of thioether (sulfide) groups is 1. The fourth-order valence-corrected chi connectivity index (χ4v) is 7.73. The minimum atomic E-state index is -0.970. The highest BCUT2D eigenvalue weighted by Crippen LogP contribution is 2.40. The summed E-state index contributed by atoms with van der Waals surface area (Å²) in [5.74, 6) is -0.970. The smallest absolute Gasteiger partial charge is 0.320 e. The monoisotopic (exact) mass is 673 g/mol. The van der Waals surface area contributed by atoms with Crippen LogP contribution >= 0.6 is 79.5 Å². The van der Waals surface area contributed by atoms with Crippen LogP contribution in [0.1, 0.15) is 24.8 Å². The topological polar surface area (TPSA) is 83.5 Å². The minimum absolute atomic E-state index is 0.175. The second-order valence-corrected chi connectivity index (χ2v) is 10.9. The van der Waals surface area contributed by atoms with Gasteiger partial charge in [0.05, 0.1) is 6.10 Å². The quantitative estimate of drug-likeness (QED) is 0.329. The molecule has 1 aliphatic rings. The zero-order valence-corrected chi connectivity index (χ0v) is 19.5. The molecule has 1 aromatic carbocycles. The molecule has 3 unspecified atom stereocenters. The van der Waals surface area contributed by atoms with Crippen LogP contribution in [-0.2, 0) is 11.2 Å². The van der Waals surface area contributed by atoms with Crippen LogP contribution in [0.4, 0.5) is 0 Å². The average molecular weight is 673 g/mol. The van der Waals surface area contributed by atoms with Gasteiger partial charge in [0, 0.05) is 21.2 Å². The Kier molecular flexibility index (Phi) is 8.18. The van der Waals surface area contributed by atoms with Crippen molar-refractivity contribution >= 4 is 85.5 Å². The lowest BCUT2D eigenvalue weighted by atomic mass is 9.97. The zero-order chi connectivity index (χ0) is 17.1. The van der Waals surface area contributed by atoms with Gasteiger partial charge >= 0.3 is 5.97 Å². The third-order valence-corrected chi connectivity index (χ3v) is 9.01. The summed E-state index contributed by atoms with van der Waals surface area (Å²) >= 11 is 8.86. The van der Waals surface area contributed by atoms with Crippen LogP contribution in [0.15, 0.2) is 17.0 Å². The van der Waals surface area contributed by atoms with Crippen molar-refractivity contribution in [1.82, 2.24) is 0 Å². The number of nitrogens with two attached hydrogens (primary N) is 1. The van der Waals surface area contributed by atoms with Crippen molar-refractivity contribution in [2.24, 2.45) is 5.73 Å². The highest BCUT2D eigenvalue weighted by Gasteiger charge is 2.28. The van der Waals surface area contributed by atoms with Gasteiger partial charge in [0.2, 0.25) is 0 Å². The molecular formula is C15H18I3NO3S. The molecule has 0 spiro atoms. The van der Waals surface area contributed by atoms with Gasteiger partial charge in [-0.2, -0.15) is 0 Å². The van der Waals surface area contributed by atoms with Crippen LogP contribution in [0, 0.1) is 7.14 Å². The van der Waals surface area contributed by atoms with E-state index in [1.807, 2.05) is 23.9 Å². The van der Waals surface area contributed by atoms with Gasteiger partial charge in [0.25, 0.3) is 0 Å². The van der Waals surface area contributed by atoms with Crippen molar-refractivity contribution in [3.8, 4) is 0 Å². The summed E-state index contributed by atoms with van der Waals surface area (Å²) in [6.07, 6.45) is 3.08. The molecule has 1 aromatic rings. The van der Waals surface area contributed by atoms with Gasteiger partial charge in [0.15, 0.2) is 0 Å². The predicted molar refractivity (Wildman–Crippen MR) is 119 cm³/mol. The van der Waals surface area contributed by atoms with E-state index in [2.05, 4.69) is 67.8 Å². The number of carbonyl (C=O) groups is 1. The van der Waals surface area contributed by atoms with E-state index in [4.69, 9.17) is 10.8 Å². The van der Waals surface area contributed by atoms with Crippen molar-refractivity contribution in [1.29, 1.82) is 0 Å². The van der Waals surface area contributed by atoms with Crippen LogP contribution in [0.2, 0.25) is 0 Å². The summed E-state index contributed by atoms with van der Waals surface area (Å²) in [5, 5.41) is 19.3. The van der Waals surface area contributed by atoms with E-state index < -0.39 is 12.0 Å². The van der Waals surface area contributed by atoms with Crippen molar-refractivity contribution in [3.05, 3.63) is 24.8 Å². The van der Waals surface area contributed by atoms with E-state index in [9.17, 15) is 9.90 Å². The summed E-state index contributed by atoms with van der Waals surface area (Å²) in [4.78, 5) is 12.2. The van der Waals surface area contributed by atoms with Gasteiger partial charge in [-0.25, -0.2) is 0 Å². The number of hydrogen-bond donors (Lipinski definition) is 3. The van der Waals surface area contributed by atoms with Gasteiger partial charge < -0.3 is 15.9 Å². The summed E-state index contributed by atoms with van der Waals surface area (Å²) in [6.45, 7) is 0. The number of halogens is 3. The predicted octanol–water partition coefficient (Wildman–Crippen LogP) is 3.66. The van der Waals surface area contributed by atoms with Crippen molar-refractivity contribution in [2.45, 2.75) is 51.9 Å². The van der Waals surface area contributed by atoms with Crippen LogP contribution < -0.4 is 5.73 Å². The number of alkyl halides is 1. The van der Waals surface area contributed by atoms with Gasteiger partial charge in [-0.3, -0.25) is 4.79 Å². The number of benzene rings is 1. The highest BCUT2D eigenvalue weighted by molar-refractivity contribution is 14.1. The van der Waals surface area contributed by atoms with Crippen LogP contribution in [0.25, 0.3) is 0 Å². The third kappa shape index (κ3) is 5.83. The second-order valence-electron chi connectivity index (χ2n) is 5.67. The molecule has 4 nitrogen and oxygen atoms in total. The summed E-state index contributed by atoms with van der Waals surface area (Å²) in [5.41, 5.74) is 6.59. The molecule has 128 valence electrons. The van der Waals surface area contributed by atoms with Gasteiger partial charge in [-0.15, -0.1) is 11.8 Å². The van der Waals surface area contributed by atoms with E-state index in [-0.39, 0.29) is 6.10 Å². The fourth-order valence-electron chi connectivity index (χ4n) is 2.52.